The monoisotopic (exact) mass is 552 g/mol. The average molecular weight is 553 g/mol. The Morgan fingerprint density at radius 2 is 1.46 bits per heavy atom. The second-order valence-corrected chi connectivity index (χ2v) is 10.8. The van der Waals surface area contributed by atoms with Gasteiger partial charge in [-0.1, -0.05) is 38.1 Å². The minimum absolute atomic E-state index is 0.321. The maximum absolute atomic E-state index is 13.7. The Balaban J connectivity index is 2.00. The van der Waals surface area contributed by atoms with Gasteiger partial charge in [-0.2, -0.15) is 43.2 Å². The van der Waals surface area contributed by atoms with E-state index in [1.54, 1.807) is 18.2 Å². The molecule has 2 aromatic rings. The van der Waals surface area contributed by atoms with Crippen molar-refractivity contribution in [2.24, 2.45) is 0 Å². The van der Waals surface area contributed by atoms with E-state index in [4.69, 9.17) is 9.29 Å². The first-order valence-corrected chi connectivity index (χ1v) is 12.9. The molecule has 0 spiro atoms. The number of ether oxygens (including phenoxy) is 1. The van der Waals surface area contributed by atoms with Crippen molar-refractivity contribution in [1.29, 1.82) is 0 Å². The maximum atomic E-state index is 13.7. The Morgan fingerprint density at radius 1 is 0.886 bits per heavy atom. The normalized spacial score (nSPS) is 14.8. The minimum atomic E-state index is -7.09. The van der Waals surface area contributed by atoms with Crippen LogP contribution in [0.4, 0.5) is 26.3 Å². The largest absolute Gasteiger partial charge is 0.493 e. The highest BCUT2D eigenvalue weighted by Crippen LogP contribution is 2.50. The summed E-state index contributed by atoms with van der Waals surface area (Å²) in [4.78, 5) is 0. The number of hydrogen-bond donors (Lipinski definition) is 1. The molecule has 0 aliphatic rings. The Bertz CT molecular complexity index is 1260. The SMILES string of the molecule is CCC(C)c1ccc2cc(OCCCOS(=O)(=O)C(F)(F)C(F)(F)C(F)(F)S(=O)(=O)O)ccc2c1. The molecule has 198 valence electrons. The second-order valence-electron chi connectivity index (χ2n) is 7.64. The van der Waals surface area contributed by atoms with E-state index >= 15 is 0 Å². The third-order valence-corrected chi connectivity index (χ3v) is 7.45. The van der Waals surface area contributed by atoms with Gasteiger partial charge in [-0.25, -0.2) is 0 Å². The van der Waals surface area contributed by atoms with Crippen LogP contribution in [0.15, 0.2) is 36.4 Å². The number of fused-ring (bicyclic) bond motifs is 1. The van der Waals surface area contributed by atoms with Gasteiger partial charge in [0.15, 0.2) is 0 Å². The quantitative estimate of drug-likeness (QED) is 0.167. The molecule has 2 aromatic carbocycles. The highest BCUT2D eigenvalue weighted by molar-refractivity contribution is 7.88. The fraction of sp³-hybridized carbons (Fsp3) is 0.500. The molecule has 0 saturated carbocycles. The smallest absolute Gasteiger partial charge is 0.439 e. The van der Waals surface area contributed by atoms with Crippen molar-refractivity contribution in [2.45, 2.75) is 49.0 Å². The summed E-state index contributed by atoms with van der Waals surface area (Å²) in [6, 6.07) is 10.8. The summed E-state index contributed by atoms with van der Waals surface area (Å²) >= 11 is 0. The summed E-state index contributed by atoms with van der Waals surface area (Å²) in [7, 11) is -13.8. The molecule has 0 heterocycles. The van der Waals surface area contributed by atoms with Crippen LogP contribution in [0.25, 0.3) is 10.8 Å². The van der Waals surface area contributed by atoms with Crippen LogP contribution in [-0.2, 0) is 24.4 Å². The van der Waals surface area contributed by atoms with Crippen molar-refractivity contribution in [3.63, 3.8) is 0 Å². The molecule has 0 saturated heterocycles. The van der Waals surface area contributed by atoms with Crippen LogP contribution in [-0.4, -0.2) is 51.0 Å². The van der Waals surface area contributed by atoms with Crippen molar-refractivity contribution >= 4 is 31.0 Å². The maximum Gasteiger partial charge on any atom is 0.439 e. The lowest BCUT2D eigenvalue weighted by atomic mass is 9.96. The van der Waals surface area contributed by atoms with Gasteiger partial charge in [0, 0.05) is 6.42 Å². The van der Waals surface area contributed by atoms with Gasteiger partial charge in [-0.15, -0.1) is 0 Å². The van der Waals surface area contributed by atoms with Crippen molar-refractivity contribution in [3.8, 4) is 5.75 Å². The van der Waals surface area contributed by atoms with E-state index in [0.717, 1.165) is 22.8 Å². The van der Waals surface area contributed by atoms with Crippen molar-refractivity contribution in [1.82, 2.24) is 0 Å². The standard InChI is InChI=1S/C20H22F6O7S2/c1-3-13(2)14-5-6-16-12-17(8-7-15(16)11-14)32-9-4-10-33-35(30,31)20(25,26)18(21,22)19(23,24)34(27,28)29/h5-8,11-13H,3-4,9-10H2,1-2H3,(H,27,28,29). The van der Waals surface area contributed by atoms with E-state index in [9.17, 15) is 43.2 Å². The molecule has 15 heteroatoms. The zero-order valence-corrected chi connectivity index (χ0v) is 20.0. The fourth-order valence-corrected chi connectivity index (χ4v) is 4.30. The van der Waals surface area contributed by atoms with Crippen LogP contribution in [0.1, 0.15) is 38.2 Å². The van der Waals surface area contributed by atoms with Crippen LogP contribution < -0.4 is 4.74 Å². The van der Waals surface area contributed by atoms with Crippen molar-refractivity contribution < 1.29 is 56.7 Å². The molecule has 7 nitrogen and oxygen atoms in total. The first kappa shape index (κ1) is 29.1. The van der Waals surface area contributed by atoms with Crippen molar-refractivity contribution in [2.75, 3.05) is 13.2 Å². The topological polar surface area (TPSA) is 107 Å². The molecule has 0 aromatic heterocycles. The van der Waals surface area contributed by atoms with Gasteiger partial charge in [-0.3, -0.25) is 8.74 Å². The molecule has 0 radical (unpaired) electrons. The zero-order valence-electron chi connectivity index (χ0n) is 18.4. The van der Waals surface area contributed by atoms with Gasteiger partial charge in [0.05, 0.1) is 13.2 Å². The van der Waals surface area contributed by atoms with Crippen LogP contribution in [0, 0.1) is 0 Å². The fourth-order valence-electron chi connectivity index (χ4n) is 2.85. The van der Waals surface area contributed by atoms with E-state index in [1.165, 1.54) is 0 Å². The van der Waals surface area contributed by atoms with Crippen LogP contribution in [0.2, 0.25) is 0 Å². The van der Waals surface area contributed by atoms with E-state index in [0.29, 0.717) is 11.7 Å². The Kier molecular flexibility index (Phi) is 8.41. The minimum Gasteiger partial charge on any atom is -0.493 e. The summed E-state index contributed by atoms with van der Waals surface area (Å²) in [5.74, 6) is -6.36. The number of hydrogen-bond acceptors (Lipinski definition) is 6. The molecule has 1 N–H and O–H groups in total. The predicted octanol–water partition coefficient (Wildman–Crippen LogP) is 5.18. The van der Waals surface area contributed by atoms with Crippen molar-refractivity contribution in [3.05, 3.63) is 42.0 Å². The van der Waals surface area contributed by atoms with Gasteiger partial charge in [0.2, 0.25) is 0 Å². The number of halogens is 6. The second kappa shape index (κ2) is 10.1. The Hall–Kier alpha value is -2.10. The third kappa shape index (κ3) is 5.67. The first-order valence-electron chi connectivity index (χ1n) is 10.0. The highest BCUT2D eigenvalue weighted by Gasteiger charge is 2.82. The summed E-state index contributed by atoms with van der Waals surface area (Å²) in [5, 5.41) is -11.8. The van der Waals surface area contributed by atoms with Gasteiger partial charge in [-0.05, 0) is 40.8 Å². The molecule has 1 unspecified atom stereocenters. The average Bonchev–Trinajstić information content (AvgIpc) is 2.76. The predicted molar refractivity (Wildman–Crippen MR) is 114 cm³/mol. The highest BCUT2D eigenvalue weighted by atomic mass is 32.2. The zero-order chi connectivity index (χ0) is 26.9. The summed E-state index contributed by atoms with van der Waals surface area (Å²) in [5.41, 5.74) is 1.14. The molecule has 1 atom stereocenters. The number of rotatable bonds is 12. The lowest BCUT2D eigenvalue weighted by Gasteiger charge is -2.29. The van der Waals surface area contributed by atoms with E-state index < -0.39 is 49.7 Å². The Morgan fingerprint density at radius 3 is 2.03 bits per heavy atom. The third-order valence-electron chi connectivity index (χ3n) is 5.18. The molecule has 0 amide bonds. The number of alkyl halides is 6. The first-order chi connectivity index (χ1) is 15.9. The molecule has 2 rings (SSSR count). The van der Waals surface area contributed by atoms with E-state index in [1.807, 2.05) is 18.2 Å². The van der Waals surface area contributed by atoms with Gasteiger partial charge >= 0.3 is 36.7 Å². The molecular weight excluding hydrogens is 530 g/mol. The molecule has 0 fully saturated rings. The Labute approximate surface area is 197 Å². The van der Waals surface area contributed by atoms with Crippen LogP contribution in [0.3, 0.4) is 0 Å². The molecule has 35 heavy (non-hydrogen) atoms. The molecule has 0 bridgehead atoms. The number of benzene rings is 2. The van der Waals surface area contributed by atoms with Crippen LogP contribution in [0.5, 0.6) is 5.75 Å². The lowest BCUT2D eigenvalue weighted by molar-refractivity contribution is -0.248. The van der Waals surface area contributed by atoms with E-state index in [2.05, 4.69) is 18.0 Å². The molecule has 0 aliphatic carbocycles. The summed E-state index contributed by atoms with van der Waals surface area (Å²) < 4.78 is 141. The van der Waals surface area contributed by atoms with Gasteiger partial charge < -0.3 is 4.74 Å². The van der Waals surface area contributed by atoms with Gasteiger partial charge in [0.25, 0.3) is 0 Å². The summed E-state index contributed by atoms with van der Waals surface area (Å²) in [6.07, 6.45) is 0.511. The molecular formula is C20H22F6O7S2. The summed E-state index contributed by atoms with van der Waals surface area (Å²) in [6.45, 7) is 2.65. The molecule has 0 aliphatic heterocycles. The lowest BCUT2D eigenvalue weighted by Crippen LogP contribution is -2.60. The van der Waals surface area contributed by atoms with E-state index in [-0.39, 0.29) is 6.61 Å². The van der Waals surface area contributed by atoms with Crippen LogP contribution >= 0.6 is 0 Å². The van der Waals surface area contributed by atoms with Gasteiger partial charge in [0.1, 0.15) is 5.75 Å².